The van der Waals surface area contributed by atoms with Crippen LogP contribution in [0.2, 0.25) is 5.02 Å². The van der Waals surface area contributed by atoms with E-state index >= 15 is 0 Å². The summed E-state index contributed by atoms with van der Waals surface area (Å²) in [4.78, 5) is 12.1. The van der Waals surface area contributed by atoms with E-state index in [1.807, 2.05) is 26.0 Å². The zero-order valence-electron chi connectivity index (χ0n) is 10.6. The maximum Gasteiger partial charge on any atom is 0.256 e. The van der Waals surface area contributed by atoms with Gasteiger partial charge in [-0.25, -0.2) is 4.39 Å². The van der Waals surface area contributed by atoms with Gasteiger partial charge in [0.1, 0.15) is 5.82 Å². The molecule has 0 saturated heterocycles. The lowest BCUT2D eigenvalue weighted by molar-refractivity contribution is 0.102. The normalized spacial score (nSPS) is 10.3. The number of anilines is 1. The average molecular weight is 278 g/mol. The van der Waals surface area contributed by atoms with Crippen molar-refractivity contribution < 1.29 is 9.18 Å². The predicted octanol–water partition coefficient (Wildman–Crippen LogP) is 4.35. The molecule has 0 atom stereocenters. The Balaban J connectivity index is 2.25. The van der Waals surface area contributed by atoms with Crippen LogP contribution in [0.15, 0.2) is 36.4 Å². The fourth-order valence-electron chi connectivity index (χ4n) is 1.85. The number of carbonyl (C=O) groups excluding carboxylic acids is 1. The molecule has 0 aromatic heterocycles. The molecule has 0 aliphatic rings. The van der Waals surface area contributed by atoms with Crippen molar-refractivity contribution in [3.05, 3.63) is 63.9 Å². The molecule has 0 saturated carbocycles. The van der Waals surface area contributed by atoms with Gasteiger partial charge in [-0.3, -0.25) is 4.79 Å². The molecule has 2 aromatic carbocycles. The van der Waals surface area contributed by atoms with Crippen molar-refractivity contribution in [3.8, 4) is 0 Å². The fraction of sp³-hybridized carbons (Fsp3) is 0.133. The molecule has 4 heteroatoms. The van der Waals surface area contributed by atoms with Crippen LogP contribution in [0.5, 0.6) is 0 Å². The van der Waals surface area contributed by atoms with Gasteiger partial charge in [0.05, 0.1) is 5.69 Å². The lowest BCUT2D eigenvalue weighted by Gasteiger charge is -2.09. The van der Waals surface area contributed by atoms with E-state index in [1.165, 1.54) is 18.2 Å². The van der Waals surface area contributed by atoms with E-state index in [2.05, 4.69) is 5.32 Å². The topological polar surface area (TPSA) is 29.1 Å². The second kappa shape index (κ2) is 5.41. The largest absolute Gasteiger partial charge is 0.319 e. The Morgan fingerprint density at radius 1 is 1.16 bits per heavy atom. The molecule has 19 heavy (non-hydrogen) atoms. The van der Waals surface area contributed by atoms with Crippen LogP contribution in [-0.4, -0.2) is 5.91 Å². The molecule has 0 aliphatic heterocycles. The van der Waals surface area contributed by atoms with Gasteiger partial charge in [0.2, 0.25) is 0 Å². The van der Waals surface area contributed by atoms with E-state index in [0.29, 0.717) is 10.6 Å². The molecule has 0 unspecified atom stereocenters. The Morgan fingerprint density at radius 3 is 2.53 bits per heavy atom. The molecule has 0 radical (unpaired) electrons. The zero-order valence-corrected chi connectivity index (χ0v) is 11.4. The van der Waals surface area contributed by atoms with Crippen LogP contribution in [0.1, 0.15) is 21.5 Å². The molecular weight excluding hydrogens is 265 g/mol. The average Bonchev–Trinajstić information content (AvgIpc) is 2.32. The summed E-state index contributed by atoms with van der Waals surface area (Å²) in [5.74, 6) is -0.885. The van der Waals surface area contributed by atoms with Crippen molar-refractivity contribution >= 4 is 23.2 Å². The van der Waals surface area contributed by atoms with E-state index in [1.54, 1.807) is 6.07 Å². The fourth-order valence-corrected chi connectivity index (χ4v) is 2.01. The second-order valence-corrected chi connectivity index (χ2v) is 4.83. The molecule has 1 amide bonds. The summed E-state index contributed by atoms with van der Waals surface area (Å²) in [6.07, 6.45) is 0. The van der Waals surface area contributed by atoms with Crippen LogP contribution in [0, 0.1) is 19.7 Å². The summed E-state index contributed by atoms with van der Waals surface area (Å²) >= 11 is 5.66. The van der Waals surface area contributed by atoms with Crippen LogP contribution < -0.4 is 5.32 Å². The van der Waals surface area contributed by atoms with E-state index in [-0.39, 0.29) is 11.6 Å². The molecule has 2 rings (SSSR count). The summed E-state index contributed by atoms with van der Waals surface area (Å²) in [6, 6.07) is 9.63. The minimum atomic E-state index is -0.550. The summed E-state index contributed by atoms with van der Waals surface area (Å²) in [7, 11) is 0. The van der Waals surface area contributed by atoms with Gasteiger partial charge in [-0.1, -0.05) is 29.3 Å². The molecule has 1 N–H and O–H groups in total. The standard InChI is InChI=1S/C15H13ClFNO/c1-9-3-5-12(10(2)7-9)15(19)18-14-6-4-11(16)8-13(14)17/h3-8H,1-2H3,(H,18,19). The molecule has 0 aliphatic carbocycles. The number of halogens is 2. The Bertz CT molecular complexity index is 640. The third kappa shape index (κ3) is 3.12. The molecule has 2 nitrogen and oxygen atoms in total. The predicted molar refractivity (Wildman–Crippen MR) is 75.3 cm³/mol. The summed E-state index contributed by atoms with van der Waals surface area (Å²) in [5, 5.41) is 2.83. The quantitative estimate of drug-likeness (QED) is 0.869. The first-order chi connectivity index (χ1) is 8.97. The van der Waals surface area contributed by atoms with Gasteiger partial charge in [0.15, 0.2) is 0 Å². The van der Waals surface area contributed by atoms with Gasteiger partial charge in [-0.15, -0.1) is 0 Å². The Labute approximate surface area is 116 Å². The number of amides is 1. The molecule has 2 aromatic rings. The molecule has 0 fully saturated rings. The lowest BCUT2D eigenvalue weighted by atomic mass is 10.1. The first-order valence-electron chi connectivity index (χ1n) is 5.81. The minimum absolute atomic E-state index is 0.120. The third-order valence-corrected chi connectivity index (χ3v) is 3.04. The highest BCUT2D eigenvalue weighted by Crippen LogP contribution is 2.20. The SMILES string of the molecule is Cc1ccc(C(=O)Nc2ccc(Cl)cc2F)c(C)c1. The lowest BCUT2D eigenvalue weighted by Crippen LogP contribution is -2.14. The summed E-state index contributed by atoms with van der Waals surface area (Å²) in [6.45, 7) is 3.80. The van der Waals surface area contributed by atoms with Gasteiger partial charge in [-0.2, -0.15) is 0 Å². The van der Waals surface area contributed by atoms with E-state index in [0.717, 1.165) is 11.1 Å². The van der Waals surface area contributed by atoms with Gasteiger partial charge in [0.25, 0.3) is 5.91 Å². The highest BCUT2D eigenvalue weighted by Gasteiger charge is 2.11. The zero-order chi connectivity index (χ0) is 14.0. The number of rotatable bonds is 2. The number of aryl methyl sites for hydroxylation is 2. The Morgan fingerprint density at radius 2 is 1.89 bits per heavy atom. The maximum absolute atomic E-state index is 13.6. The number of carbonyl (C=O) groups is 1. The van der Waals surface area contributed by atoms with Gasteiger partial charge in [0, 0.05) is 10.6 Å². The number of hydrogen-bond donors (Lipinski definition) is 1. The van der Waals surface area contributed by atoms with Crippen LogP contribution in [0.4, 0.5) is 10.1 Å². The van der Waals surface area contributed by atoms with Crippen molar-refractivity contribution in [2.45, 2.75) is 13.8 Å². The second-order valence-electron chi connectivity index (χ2n) is 4.40. The molecule has 98 valence electrons. The highest BCUT2D eigenvalue weighted by atomic mass is 35.5. The Kier molecular flexibility index (Phi) is 3.86. The van der Waals surface area contributed by atoms with Gasteiger partial charge >= 0.3 is 0 Å². The van der Waals surface area contributed by atoms with Crippen molar-refractivity contribution in [2.75, 3.05) is 5.32 Å². The number of nitrogens with one attached hydrogen (secondary N) is 1. The first-order valence-corrected chi connectivity index (χ1v) is 6.19. The molecule has 0 heterocycles. The third-order valence-electron chi connectivity index (χ3n) is 2.81. The first kappa shape index (κ1) is 13.6. The van der Waals surface area contributed by atoms with Crippen LogP contribution in [0.3, 0.4) is 0 Å². The van der Waals surface area contributed by atoms with E-state index in [9.17, 15) is 9.18 Å². The van der Waals surface area contributed by atoms with Crippen LogP contribution in [0.25, 0.3) is 0 Å². The van der Waals surface area contributed by atoms with Crippen LogP contribution >= 0.6 is 11.6 Å². The molecular formula is C15H13ClFNO. The van der Waals surface area contributed by atoms with Crippen molar-refractivity contribution in [1.29, 1.82) is 0 Å². The smallest absolute Gasteiger partial charge is 0.256 e. The van der Waals surface area contributed by atoms with Crippen molar-refractivity contribution in [3.63, 3.8) is 0 Å². The number of hydrogen-bond acceptors (Lipinski definition) is 1. The van der Waals surface area contributed by atoms with E-state index in [4.69, 9.17) is 11.6 Å². The summed E-state index contributed by atoms with van der Waals surface area (Å²) < 4.78 is 13.6. The highest BCUT2D eigenvalue weighted by molar-refractivity contribution is 6.30. The van der Waals surface area contributed by atoms with Crippen LogP contribution in [-0.2, 0) is 0 Å². The van der Waals surface area contributed by atoms with Crippen molar-refractivity contribution in [1.82, 2.24) is 0 Å². The van der Waals surface area contributed by atoms with Gasteiger partial charge in [-0.05, 0) is 43.7 Å². The monoisotopic (exact) mass is 277 g/mol. The molecule has 0 bridgehead atoms. The Hall–Kier alpha value is -1.87. The summed E-state index contributed by atoms with van der Waals surface area (Å²) in [5.41, 5.74) is 2.58. The number of benzene rings is 2. The van der Waals surface area contributed by atoms with E-state index < -0.39 is 5.82 Å². The molecule has 0 spiro atoms. The van der Waals surface area contributed by atoms with Crippen molar-refractivity contribution in [2.24, 2.45) is 0 Å². The minimum Gasteiger partial charge on any atom is -0.319 e. The maximum atomic E-state index is 13.6. The van der Waals surface area contributed by atoms with Gasteiger partial charge < -0.3 is 5.32 Å².